The van der Waals surface area contributed by atoms with Crippen LogP contribution in [0.25, 0.3) is 0 Å². The van der Waals surface area contributed by atoms with Crippen molar-refractivity contribution in [3.05, 3.63) is 0 Å². The van der Waals surface area contributed by atoms with Gasteiger partial charge < -0.3 is 5.11 Å². The number of nitrogens with zero attached hydrogens (tertiary/aromatic N) is 1. The molecule has 1 saturated carbocycles. The number of aliphatic hydroxyl groups is 1. The fraction of sp³-hybridized carbons (Fsp3) is 1.00. The highest BCUT2D eigenvalue weighted by Gasteiger charge is 2.31. The minimum Gasteiger partial charge on any atom is -0.391 e. The van der Waals surface area contributed by atoms with Crippen LogP contribution in [0, 0.1) is 5.92 Å². The Kier molecular flexibility index (Phi) is 3.17. The molecule has 0 amide bonds. The van der Waals surface area contributed by atoms with Gasteiger partial charge in [-0.3, -0.25) is 4.90 Å². The Bertz CT molecular complexity index is 172. The second kappa shape index (κ2) is 4.20. The standard InChI is InChI=1S/C10H19NOS/c1-11-4-5-13-7-9(11)10(12)6-8-2-3-8/h8-10,12H,2-7H2,1H3. The Morgan fingerprint density at radius 3 is 2.92 bits per heavy atom. The van der Waals surface area contributed by atoms with Crippen LogP contribution in [0.2, 0.25) is 0 Å². The predicted octanol–water partition coefficient (Wildman–Crippen LogP) is 1.19. The third kappa shape index (κ3) is 2.61. The number of thioether (sulfide) groups is 1. The number of likely N-dealkylation sites (N-methyl/N-ethyl adjacent to an activating group) is 1. The lowest BCUT2D eigenvalue weighted by atomic mass is 10.1. The summed E-state index contributed by atoms with van der Waals surface area (Å²) in [6.45, 7) is 1.14. The molecule has 0 radical (unpaired) electrons. The third-order valence-corrected chi connectivity index (χ3v) is 4.21. The first-order valence-electron chi connectivity index (χ1n) is 5.23. The van der Waals surface area contributed by atoms with E-state index in [9.17, 15) is 5.11 Å². The molecule has 1 aliphatic carbocycles. The molecule has 1 aliphatic heterocycles. The lowest BCUT2D eigenvalue weighted by molar-refractivity contribution is 0.0652. The molecule has 2 atom stereocenters. The largest absolute Gasteiger partial charge is 0.391 e. The summed E-state index contributed by atoms with van der Waals surface area (Å²) in [5.74, 6) is 3.18. The molecule has 13 heavy (non-hydrogen) atoms. The van der Waals surface area contributed by atoms with Crippen molar-refractivity contribution in [3.63, 3.8) is 0 Å². The topological polar surface area (TPSA) is 23.5 Å². The molecule has 0 aromatic carbocycles. The highest BCUT2D eigenvalue weighted by molar-refractivity contribution is 7.99. The van der Waals surface area contributed by atoms with Crippen molar-refractivity contribution in [2.24, 2.45) is 5.92 Å². The minimum atomic E-state index is -0.0784. The lowest BCUT2D eigenvalue weighted by Gasteiger charge is -2.35. The molecule has 2 aliphatic rings. The maximum absolute atomic E-state index is 10.00. The van der Waals surface area contributed by atoms with Gasteiger partial charge in [0.2, 0.25) is 0 Å². The van der Waals surface area contributed by atoms with Crippen LogP contribution in [0.15, 0.2) is 0 Å². The van der Waals surface area contributed by atoms with Gasteiger partial charge in [-0.15, -0.1) is 0 Å². The van der Waals surface area contributed by atoms with E-state index in [1.165, 1.54) is 18.6 Å². The highest BCUT2D eigenvalue weighted by Crippen LogP contribution is 2.35. The molecule has 2 unspecified atom stereocenters. The normalized spacial score (nSPS) is 33.2. The summed E-state index contributed by atoms with van der Waals surface area (Å²) in [7, 11) is 2.14. The summed E-state index contributed by atoms with van der Waals surface area (Å²) in [5.41, 5.74) is 0. The van der Waals surface area contributed by atoms with Gasteiger partial charge in [-0.05, 0) is 19.4 Å². The van der Waals surface area contributed by atoms with Crippen LogP contribution in [-0.2, 0) is 0 Å². The fourth-order valence-electron chi connectivity index (χ4n) is 1.96. The molecule has 1 heterocycles. The van der Waals surface area contributed by atoms with Crippen molar-refractivity contribution >= 4 is 11.8 Å². The molecule has 0 bridgehead atoms. The van der Waals surface area contributed by atoms with E-state index in [1.807, 2.05) is 11.8 Å². The first-order valence-corrected chi connectivity index (χ1v) is 6.39. The van der Waals surface area contributed by atoms with E-state index < -0.39 is 0 Å². The molecule has 3 heteroatoms. The number of rotatable bonds is 3. The van der Waals surface area contributed by atoms with E-state index in [2.05, 4.69) is 11.9 Å². The second-order valence-corrected chi connectivity index (χ2v) is 5.52. The van der Waals surface area contributed by atoms with Crippen LogP contribution in [0.5, 0.6) is 0 Å². The predicted molar refractivity (Wildman–Crippen MR) is 57.1 cm³/mol. The van der Waals surface area contributed by atoms with Gasteiger partial charge in [-0.2, -0.15) is 11.8 Å². The fourth-order valence-corrected chi connectivity index (χ4v) is 3.26. The maximum atomic E-state index is 10.00. The van der Waals surface area contributed by atoms with E-state index in [0.717, 1.165) is 24.6 Å². The third-order valence-electron chi connectivity index (χ3n) is 3.16. The number of hydrogen-bond donors (Lipinski definition) is 1. The maximum Gasteiger partial charge on any atom is 0.0705 e. The van der Waals surface area contributed by atoms with E-state index in [0.29, 0.717) is 6.04 Å². The Morgan fingerprint density at radius 2 is 2.31 bits per heavy atom. The van der Waals surface area contributed by atoms with Crippen molar-refractivity contribution in [2.75, 3.05) is 25.1 Å². The summed E-state index contributed by atoms with van der Waals surface area (Å²) in [6.07, 6.45) is 3.65. The molecule has 2 rings (SSSR count). The van der Waals surface area contributed by atoms with Gasteiger partial charge in [-0.1, -0.05) is 12.8 Å². The van der Waals surface area contributed by atoms with Gasteiger partial charge in [0.15, 0.2) is 0 Å². The molecule has 0 aromatic rings. The first kappa shape index (κ1) is 9.81. The second-order valence-electron chi connectivity index (χ2n) is 4.37. The SMILES string of the molecule is CN1CCSCC1C(O)CC1CC1. The van der Waals surface area contributed by atoms with Crippen molar-refractivity contribution in [2.45, 2.75) is 31.4 Å². The Hall–Kier alpha value is 0.270. The zero-order valence-electron chi connectivity index (χ0n) is 8.28. The number of aliphatic hydroxyl groups excluding tert-OH is 1. The first-order chi connectivity index (χ1) is 6.27. The zero-order chi connectivity index (χ0) is 9.26. The van der Waals surface area contributed by atoms with Crippen LogP contribution in [0.4, 0.5) is 0 Å². The molecule has 0 aromatic heterocycles. The van der Waals surface area contributed by atoms with Gasteiger partial charge in [0, 0.05) is 24.1 Å². The average Bonchev–Trinajstić information content (AvgIpc) is 2.89. The molecule has 1 N–H and O–H groups in total. The van der Waals surface area contributed by atoms with Crippen molar-refractivity contribution in [1.29, 1.82) is 0 Å². The van der Waals surface area contributed by atoms with Gasteiger partial charge in [0.1, 0.15) is 0 Å². The Labute approximate surface area is 84.7 Å². The van der Waals surface area contributed by atoms with E-state index >= 15 is 0 Å². The van der Waals surface area contributed by atoms with E-state index in [1.54, 1.807) is 0 Å². The lowest BCUT2D eigenvalue weighted by Crippen LogP contribution is -2.47. The van der Waals surface area contributed by atoms with Crippen molar-refractivity contribution in [1.82, 2.24) is 4.90 Å². The summed E-state index contributed by atoms with van der Waals surface area (Å²) < 4.78 is 0. The summed E-state index contributed by atoms with van der Waals surface area (Å²) in [4.78, 5) is 2.32. The van der Waals surface area contributed by atoms with Gasteiger partial charge in [-0.25, -0.2) is 0 Å². The minimum absolute atomic E-state index is 0.0784. The molecular weight excluding hydrogens is 182 g/mol. The molecule has 76 valence electrons. The molecule has 1 saturated heterocycles. The summed E-state index contributed by atoms with van der Waals surface area (Å²) in [5, 5.41) is 10.00. The molecule has 0 spiro atoms. The van der Waals surface area contributed by atoms with Gasteiger partial charge >= 0.3 is 0 Å². The highest BCUT2D eigenvalue weighted by atomic mass is 32.2. The molecular formula is C10H19NOS. The van der Waals surface area contributed by atoms with E-state index in [4.69, 9.17) is 0 Å². The zero-order valence-corrected chi connectivity index (χ0v) is 9.09. The Morgan fingerprint density at radius 1 is 1.54 bits per heavy atom. The van der Waals surface area contributed by atoms with Crippen molar-refractivity contribution in [3.8, 4) is 0 Å². The van der Waals surface area contributed by atoms with Crippen LogP contribution >= 0.6 is 11.8 Å². The quantitative estimate of drug-likeness (QED) is 0.742. The van der Waals surface area contributed by atoms with Crippen molar-refractivity contribution < 1.29 is 5.11 Å². The molecule has 2 nitrogen and oxygen atoms in total. The average molecular weight is 201 g/mol. The summed E-state index contributed by atoms with van der Waals surface area (Å²) >= 11 is 1.98. The number of hydrogen-bond acceptors (Lipinski definition) is 3. The molecule has 2 fully saturated rings. The van der Waals surface area contributed by atoms with E-state index in [-0.39, 0.29) is 6.10 Å². The van der Waals surface area contributed by atoms with Crippen LogP contribution in [0.3, 0.4) is 0 Å². The smallest absolute Gasteiger partial charge is 0.0705 e. The van der Waals surface area contributed by atoms with Gasteiger partial charge in [0.05, 0.1) is 6.10 Å². The van der Waals surface area contributed by atoms with Crippen LogP contribution in [0.1, 0.15) is 19.3 Å². The monoisotopic (exact) mass is 201 g/mol. The summed E-state index contributed by atoms with van der Waals surface area (Å²) in [6, 6.07) is 0.416. The van der Waals surface area contributed by atoms with Crippen LogP contribution in [-0.4, -0.2) is 47.3 Å². The van der Waals surface area contributed by atoms with Gasteiger partial charge in [0.25, 0.3) is 0 Å². The van der Waals surface area contributed by atoms with Crippen LogP contribution < -0.4 is 0 Å². The Balaban J connectivity index is 1.81.